The fourth-order valence-corrected chi connectivity index (χ4v) is 5.49. The lowest BCUT2D eigenvalue weighted by molar-refractivity contribution is -0.0639. The van der Waals surface area contributed by atoms with E-state index in [2.05, 4.69) is 6.92 Å². The molecule has 0 spiro atoms. The largest absolute Gasteiger partial charge is 0.444 e. The Bertz CT molecular complexity index is 814. The molecule has 1 saturated heterocycles. The fourth-order valence-electron chi connectivity index (χ4n) is 5.49. The van der Waals surface area contributed by atoms with Crippen LogP contribution in [0.25, 0.3) is 0 Å². The number of hydrogen-bond acceptors (Lipinski definition) is 4. The van der Waals surface area contributed by atoms with Crippen molar-refractivity contribution in [2.45, 2.75) is 149 Å². The van der Waals surface area contributed by atoms with Gasteiger partial charge in [-0.1, -0.05) is 121 Å². The summed E-state index contributed by atoms with van der Waals surface area (Å²) in [6.07, 6.45) is 17.1. The zero-order chi connectivity index (χ0) is 28.0. The van der Waals surface area contributed by atoms with Crippen molar-refractivity contribution in [1.82, 2.24) is 4.90 Å². The number of hydrogen-bond donors (Lipinski definition) is 0. The number of benzene rings is 1. The number of Topliss-reactive ketones (excluding diaryl/α,β-unsaturated/α-hetero) is 1. The standard InChI is InChI=1S/C33H55NO4/c1-7-8-9-10-11-12-13-14-15-16-17-18-22-25-28(30(35)27-23-20-19-21-24-27)29-26-37-33(5,6)34(29)31(36)38-32(2,3)4/h19-21,23-24,28-29H,7-18,22,25-26H2,1-6H3. The molecule has 0 N–H and O–H groups in total. The third kappa shape index (κ3) is 11.1. The van der Waals surface area contributed by atoms with Gasteiger partial charge in [-0.05, 0) is 41.0 Å². The third-order valence-electron chi connectivity index (χ3n) is 7.59. The van der Waals surface area contributed by atoms with E-state index in [1.165, 1.54) is 70.6 Å². The van der Waals surface area contributed by atoms with E-state index >= 15 is 0 Å². The van der Waals surface area contributed by atoms with E-state index in [1.54, 1.807) is 4.90 Å². The van der Waals surface area contributed by atoms with Crippen molar-refractivity contribution in [3.63, 3.8) is 0 Å². The zero-order valence-corrected chi connectivity index (χ0v) is 25.2. The maximum atomic E-state index is 13.7. The molecule has 216 valence electrons. The van der Waals surface area contributed by atoms with Crippen molar-refractivity contribution in [3.8, 4) is 0 Å². The van der Waals surface area contributed by atoms with E-state index in [-0.39, 0.29) is 17.7 Å². The molecule has 38 heavy (non-hydrogen) atoms. The van der Waals surface area contributed by atoms with Gasteiger partial charge in [0.15, 0.2) is 5.78 Å². The van der Waals surface area contributed by atoms with Gasteiger partial charge in [0.25, 0.3) is 0 Å². The van der Waals surface area contributed by atoms with Crippen LogP contribution in [0, 0.1) is 5.92 Å². The Morgan fingerprint density at radius 3 is 1.89 bits per heavy atom. The lowest BCUT2D eigenvalue weighted by Gasteiger charge is -2.37. The van der Waals surface area contributed by atoms with Crippen molar-refractivity contribution >= 4 is 11.9 Å². The van der Waals surface area contributed by atoms with Gasteiger partial charge in [-0.3, -0.25) is 9.69 Å². The zero-order valence-electron chi connectivity index (χ0n) is 25.2. The molecule has 0 saturated carbocycles. The number of unbranched alkanes of at least 4 members (excludes halogenated alkanes) is 12. The van der Waals surface area contributed by atoms with E-state index in [1.807, 2.05) is 65.0 Å². The van der Waals surface area contributed by atoms with Crippen molar-refractivity contribution in [1.29, 1.82) is 0 Å². The summed E-state index contributed by atoms with van der Waals surface area (Å²) >= 11 is 0. The first-order valence-corrected chi connectivity index (χ1v) is 15.3. The molecule has 1 aromatic carbocycles. The molecule has 1 heterocycles. The SMILES string of the molecule is CCCCCCCCCCCCCCCC(C(=O)c1ccccc1)C1COC(C)(C)N1C(=O)OC(C)(C)C. The van der Waals surface area contributed by atoms with Crippen molar-refractivity contribution in [2.24, 2.45) is 5.92 Å². The third-order valence-corrected chi connectivity index (χ3v) is 7.59. The first-order valence-electron chi connectivity index (χ1n) is 15.3. The minimum absolute atomic E-state index is 0.0874. The molecular formula is C33H55NO4. The van der Waals surface area contributed by atoms with Crippen molar-refractivity contribution in [2.75, 3.05) is 6.61 Å². The van der Waals surface area contributed by atoms with Gasteiger partial charge in [0.1, 0.15) is 11.3 Å². The Balaban J connectivity index is 1.90. The van der Waals surface area contributed by atoms with Crippen LogP contribution in [0.2, 0.25) is 0 Å². The monoisotopic (exact) mass is 529 g/mol. The maximum Gasteiger partial charge on any atom is 0.412 e. The lowest BCUT2D eigenvalue weighted by Crippen LogP contribution is -2.53. The van der Waals surface area contributed by atoms with E-state index in [0.29, 0.717) is 12.2 Å². The first-order chi connectivity index (χ1) is 18.1. The highest BCUT2D eigenvalue weighted by Gasteiger charge is 2.50. The van der Waals surface area contributed by atoms with Crippen molar-refractivity contribution < 1.29 is 19.1 Å². The van der Waals surface area contributed by atoms with Crippen LogP contribution in [0.3, 0.4) is 0 Å². The molecule has 0 bridgehead atoms. The highest BCUT2D eigenvalue weighted by molar-refractivity contribution is 5.98. The summed E-state index contributed by atoms with van der Waals surface area (Å²) in [5.74, 6) is -0.233. The molecule has 5 nitrogen and oxygen atoms in total. The molecule has 1 aliphatic heterocycles. The molecule has 0 radical (unpaired) electrons. The molecule has 1 amide bonds. The Morgan fingerprint density at radius 2 is 1.39 bits per heavy atom. The second kappa shape index (κ2) is 16.3. The second-order valence-electron chi connectivity index (χ2n) is 12.5. The Morgan fingerprint density at radius 1 is 0.895 bits per heavy atom. The predicted octanol–water partition coefficient (Wildman–Crippen LogP) is 9.34. The number of ketones is 1. The lowest BCUT2D eigenvalue weighted by atomic mass is 9.85. The molecule has 2 unspecified atom stereocenters. The minimum Gasteiger partial charge on any atom is -0.444 e. The highest BCUT2D eigenvalue weighted by Crippen LogP contribution is 2.36. The van der Waals surface area contributed by atoms with Crippen molar-refractivity contribution in [3.05, 3.63) is 35.9 Å². The van der Waals surface area contributed by atoms with Crippen LogP contribution in [0.5, 0.6) is 0 Å². The van der Waals surface area contributed by atoms with Crippen LogP contribution in [0.4, 0.5) is 4.79 Å². The number of ether oxygens (including phenoxy) is 2. The second-order valence-corrected chi connectivity index (χ2v) is 12.5. The van der Waals surface area contributed by atoms with Crippen LogP contribution in [-0.4, -0.2) is 40.8 Å². The van der Waals surface area contributed by atoms with Gasteiger partial charge in [-0.25, -0.2) is 4.79 Å². The molecule has 0 aromatic heterocycles. The number of nitrogens with zero attached hydrogens (tertiary/aromatic N) is 1. The first kappa shape index (κ1) is 32.3. The molecule has 2 rings (SSSR count). The van der Waals surface area contributed by atoms with Crippen LogP contribution in [0.1, 0.15) is 142 Å². The Hall–Kier alpha value is -1.88. The number of carbonyl (C=O) groups excluding carboxylic acids is 2. The van der Waals surface area contributed by atoms with Gasteiger partial charge in [0, 0.05) is 11.5 Å². The van der Waals surface area contributed by atoms with Gasteiger partial charge in [-0.15, -0.1) is 0 Å². The summed E-state index contributed by atoms with van der Waals surface area (Å²) in [5, 5.41) is 0. The van der Waals surface area contributed by atoms with Gasteiger partial charge in [0.2, 0.25) is 0 Å². The predicted molar refractivity (Wildman–Crippen MR) is 156 cm³/mol. The molecule has 2 atom stereocenters. The summed E-state index contributed by atoms with van der Waals surface area (Å²) in [5.41, 5.74) is -0.743. The quantitative estimate of drug-likeness (QED) is 0.149. The summed E-state index contributed by atoms with van der Waals surface area (Å²) in [6, 6.07) is 9.12. The van der Waals surface area contributed by atoms with Gasteiger partial charge >= 0.3 is 6.09 Å². The summed E-state index contributed by atoms with van der Waals surface area (Å²) < 4.78 is 11.8. The summed E-state index contributed by atoms with van der Waals surface area (Å²) in [6.45, 7) is 12.0. The minimum atomic E-state index is -0.821. The van der Waals surface area contributed by atoms with Gasteiger partial charge < -0.3 is 9.47 Å². The average molecular weight is 530 g/mol. The van der Waals surface area contributed by atoms with Crippen LogP contribution in [0.15, 0.2) is 30.3 Å². The summed E-state index contributed by atoms with van der Waals surface area (Å²) in [4.78, 5) is 28.6. The van der Waals surface area contributed by atoms with E-state index in [0.717, 1.165) is 19.3 Å². The van der Waals surface area contributed by atoms with Gasteiger partial charge in [0.05, 0.1) is 12.6 Å². The molecule has 5 heteroatoms. The van der Waals surface area contributed by atoms with E-state index in [9.17, 15) is 9.59 Å². The fraction of sp³-hybridized carbons (Fsp3) is 0.758. The average Bonchev–Trinajstić information content (AvgIpc) is 3.18. The molecule has 1 fully saturated rings. The van der Waals surface area contributed by atoms with Crippen LogP contribution >= 0.6 is 0 Å². The number of amides is 1. The Kier molecular flexibility index (Phi) is 13.8. The summed E-state index contributed by atoms with van der Waals surface area (Å²) in [7, 11) is 0. The molecule has 1 aromatic rings. The molecule has 0 aliphatic carbocycles. The molecular weight excluding hydrogens is 474 g/mol. The Labute approximate surface area is 233 Å². The van der Waals surface area contributed by atoms with Crippen LogP contribution < -0.4 is 0 Å². The number of carbonyl (C=O) groups is 2. The van der Waals surface area contributed by atoms with Gasteiger partial charge in [-0.2, -0.15) is 0 Å². The number of rotatable bonds is 17. The normalized spacial score (nSPS) is 17.9. The van der Waals surface area contributed by atoms with E-state index < -0.39 is 17.4 Å². The molecule has 1 aliphatic rings. The smallest absolute Gasteiger partial charge is 0.412 e. The van der Waals surface area contributed by atoms with Crippen LogP contribution in [-0.2, 0) is 9.47 Å². The maximum absolute atomic E-state index is 13.7. The topological polar surface area (TPSA) is 55.8 Å². The highest BCUT2D eigenvalue weighted by atomic mass is 16.6. The van der Waals surface area contributed by atoms with E-state index in [4.69, 9.17) is 9.47 Å².